The molecular formula is C14H22N2O. The Morgan fingerprint density at radius 1 is 1.35 bits per heavy atom. The second-order valence-electron chi connectivity index (χ2n) is 5.39. The molecule has 0 radical (unpaired) electrons. The second kappa shape index (κ2) is 5.07. The van der Waals surface area contributed by atoms with Crippen LogP contribution < -0.4 is 10.2 Å². The van der Waals surface area contributed by atoms with Crippen molar-refractivity contribution in [2.24, 2.45) is 0 Å². The Kier molecular flexibility index (Phi) is 3.69. The smallest absolute Gasteiger partial charge is 0.0451 e. The van der Waals surface area contributed by atoms with Crippen molar-refractivity contribution in [3.05, 3.63) is 30.3 Å². The van der Waals surface area contributed by atoms with E-state index in [1.54, 1.807) is 0 Å². The number of aliphatic hydroxyl groups excluding tert-OH is 1. The number of para-hydroxylation sites is 1. The molecule has 2 rings (SSSR count). The van der Waals surface area contributed by atoms with Crippen molar-refractivity contribution in [3.8, 4) is 0 Å². The van der Waals surface area contributed by atoms with Crippen LogP contribution in [0.5, 0.6) is 0 Å². The van der Waals surface area contributed by atoms with Gasteiger partial charge in [0.15, 0.2) is 0 Å². The van der Waals surface area contributed by atoms with Crippen LogP contribution >= 0.6 is 0 Å². The second-order valence-corrected chi connectivity index (χ2v) is 5.39. The van der Waals surface area contributed by atoms with Crippen LogP contribution in [-0.4, -0.2) is 36.4 Å². The van der Waals surface area contributed by atoms with Crippen molar-refractivity contribution in [1.82, 2.24) is 5.32 Å². The Labute approximate surface area is 103 Å². The molecule has 1 heterocycles. The number of nitrogens with zero attached hydrogens (tertiary/aromatic N) is 1. The van der Waals surface area contributed by atoms with Crippen molar-refractivity contribution < 1.29 is 5.11 Å². The number of aliphatic hydroxyl groups is 1. The largest absolute Gasteiger partial charge is 0.396 e. The summed E-state index contributed by atoms with van der Waals surface area (Å²) in [6.07, 6.45) is 0.817. The van der Waals surface area contributed by atoms with E-state index in [1.165, 1.54) is 5.69 Å². The summed E-state index contributed by atoms with van der Waals surface area (Å²) >= 11 is 0. The van der Waals surface area contributed by atoms with Gasteiger partial charge < -0.3 is 15.3 Å². The van der Waals surface area contributed by atoms with E-state index in [4.69, 9.17) is 5.11 Å². The van der Waals surface area contributed by atoms with Crippen LogP contribution in [0.2, 0.25) is 0 Å². The molecule has 0 aliphatic carbocycles. The molecule has 0 saturated carbocycles. The van der Waals surface area contributed by atoms with Gasteiger partial charge >= 0.3 is 0 Å². The molecule has 17 heavy (non-hydrogen) atoms. The van der Waals surface area contributed by atoms with E-state index in [0.29, 0.717) is 6.04 Å². The van der Waals surface area contributed by atoms with Crippen LogP contribution in [0.25, 0.3) is 0 Å². The van der Waals surface area contributed by atoms with E-state index in [0.717, 1.165) is 19.5 Å². The summed E-state index contributed by atoms with van der Waals surface area (Å²) in [4.78, 5) is 2.41. The normalized spacial score (nSPS) is 23.7. The molecule has 0 spiro atoms. The number of piperazine rings is 1. The predicted octanol–water partition coefficient (Wildman–Crippen LogP) is 1.63. The zero-order chi connectivity index (χ0) is 12.3. The molecule has 1 aromatic carbocycles. The van der Waals surface area contributed by atoms with Gasteiger partial charge in [-0.25, -0.2) is 0 Å². The molecular weight excluding hydrogens is 212 g/mol. The average Bonchev–Trinajstić information content (AvgIpc) is 2.32. The predicted molar refractivity (Wildman–Crippen MR) is 71.4 cm³/mol. The molecule has 0 aromatic heterocycles. The van der Waals surface area contributed by atoms with Gasteiger partial charge in [-0.05, 0) is 32.4 Å². The molecule has 1 atom stereocenters. The Morgan fingerprint density at radius 2 is 2.06 bits per heavy atom. The third kappa shape index (κ3) is 2.99. The number of rotatable bonds is 3. The average molecular weight is 234 g/mol. The van der Waals surface area contributed by atoms with E-state index in [-0.39, 0.29) is 12.1 Å². The van der Waals surface area contributed by atoms with Gasteiger partial charge in [0.2, 0.25) is 0 Å². The first-order chi connectivity index (χ1) is 8.12. The standard InChI is InChI=1S/C14H22N2O/c1-14(2)11-16(12-6-4-3-5-7-12)13(8-9-17)10-15-14/h3-7,13,15,17H,8-11H2,1-2H3. The minimum atomic E-state index is 0.127. The van der Waals surface area contributed by atoms with Gasteiger partial charge in [0.1, 0.15) is 0 Å². The van der Waals surface area contributed by atoms with Crippen LogP contribution in [0, 0.1) is 0 Å². The molecule has 1 saturated heterocycles. The molecule has 94 valence electrons. The highest BCUT2D eigenvalue weighted by Crippen LogP contribution is 2.24. The molecule has 2 N–H and O–H groups in total. The zero-order valence-electron chi connectivity index (χ0n) is 10.7. The maximum atomic E-state index is 9.16. The molecule has 1 aliphatic rings. The summed E-state index contributed by atoms with van der Waals surface area (Å²) < 4.78 is 0. The fraction of sp³-hybridized carbons (Fsp3) is 0.571. The summed E-state index contributed by atoms with van der Waals surface area (Å²) in [5, 5.41) is 12.7. The highest BCUT2D eigenvalue weighted by molar-refractivity contribution is 5.48. The molecule has 1 unspecified atom stereocenters. The lowest BCUT2D eigenvalue weighted by atomic mass is 9.96. The van der Waals surface area contributed by atoms with Crippen molar-refractivity contribution in [2.45, 2.75) is 31.8 Å². The Balaban J connectivity index is 2.19. The first-order valence-electron chi connectivity index (χ1n) is 6.30. The molecule has 3 nitrogen and oxygen atoms in total. The molecule has 1 aromatic rings. The first kappa shape index (κ1) is 12.4. The SMILES string of the molecule is CC1(C)CN(c2ccccc2)C(CCO)CN1. The summed E-state index contributed by atoms with van der Waals surface area (Å²) in [6, 6.07) is 10.9. The quantitative estimate of drug-likeness (QED) is 0.834. The number of nitrogens with one attached hydrogen (secondary N) is 1. The monoisotopic (exact) mass is 234 g/mol. The number of anilines is 1. The molecule has 3 heteroatoms. The fourth-order valence-electron chi connectivity index (χ4n) is 2.44. The third-order valence-electron chi connectivity index (χ3n) is 3.37. The van der Waals surface area contributed by atoms with E-state index in [2.05, 4.69) is 48.3 Å². The van der Waals surface area contributed by atoms with Gasteiger partial charge in [-0.2, -0.15) is 0 Å². The molecule has 1 fully saturated rings. The van der Waals surface area contributed by atoms with Crippen LogP contribution in [0.15, 0.2) is 30.3 Å². The van der Waals surface area contributed by atoms with Gasteiger partial charge in [-0.15, -0.1) is 0 Å². The van der Waals surface area contributed by atoms with E-state index in [1.807, 2.05) is 6.07 Å². The Bertz CT molecular complexity index is 350. The number of hydrogen-bond acceptors (Lipinski definition) is 3. The molecule has 1 aliphatic heterocycles. The lowest BCUT2D eigenvalue weighted by Crippen LogP contribution is -2.62. The van der Waals surface area contributed by atoms with Crippen molar-refractivity contribution in [2.75, 3.05) is 24.6 Å². The number of benzene rings is 1. The maximum Gasteiger partial charge on any atom is 0.0451 e. The molecule has 0 amide bonds. The summed E-state index contributed by atoms with van der Waals surface area (Å²) in [6.45, 7) is 6.59. The van der Waals surface area contributed by atoms with E-state index >= 15 is 0 Å². The van der Waals surface area contributed by atoms with Gasteiger partial charge in [-0.1, -0.05) is 18.2 Å². The van der Waals surface area contributed by atoms with Crippen molar-refractivity contribution in [3.63, 3.8) is 0 Å². The van der Waals surface area contributed by atoms with Crippen LogP contribution in [0.4, 0.5) is 5.69 Å². The summed E-state index contributed by atoms with van der Waals surface area (Å²) in [5.74, 6) is 0. The van der Waals surface area contributed by atoms with Gasteiger partial charge in [0, 0.05) is 37.0 Å². The van der Waals surface area contributed by atoms with Crippen LogP contribution in [-0.2, 0) is 0 Å². The lowest BCUT2D eigenvalue weighted by Gasteiger charge is -2.46. The minimum Gasteiger partial charge on any atom is -0.396 e. The third-order valence-corrected chi connectivity index (χ3v) is 3.37. The zero-order valence-corrected chi connectivity index (χ0v) is 10.7. The van der Waals surface area contributed by atoms with Crippen LogP contribution in [0.1, 0.15) is 20.3 Å². The van der Waals surface area contributed by atoms with Crippen molar-refractivity contribution >= 4 is 5.69 Å². The van der Waals surface area contributed by atoms with Gasteiger partial charge in [0.05, 0.1) is 0 Å². The van der Waals surface area contributed by atoms with Crippen molar-refractivity contribution in [1.29, 1.82) is 0 Å². The Morgan fingerprint density at radius 3 is 2.71 bits per heavy atom. The van der Waals surface area contributed by atoms with Crippen LogP contribution in [0.3, 0.4) is 0 Å². The van der Waals surface area contributed by atoms with Gasteiger partial charge in [-0.3, -0.25) is 0 Å². The topological polar surface area (TPSA) is 35.5 Å². The summed E-state index contributed by atoms with van der Waals surface area (Å²) in [5.41, 5.74) is 1.38. The highest BCUT2D eigenvalue weighted by atomic mass is 16.3. The van der Waals surface area contributed by atoms with E-state index in [9.17, 15) is 0 Å². The number of hydrogen-bond donors (Lipinski definition) is 2. The highest BCUT2D eigenvalue weighted by Gasteiger charge is 2.32. The minimum absolute atomic E-state index is 0.127. The lowest BCUT2D eigenvalue weighted by molar-refractivity contribution is 0.241. The van der Waals surface area contributed by atoms with Gasteiger partial charge in [0.25, 0.3) is 0 Å². The fourth-order valence-corrected chi connectivity index (χ4v) is 2.44. The maximum absolute atomic E-state index is 9.16. The first-order valence-corrected chi connectivity index (χ1v) is 6.30. The van der Waals surface area contributed by atoms with E-state index < -0.39 is 0 Å². The molecule has 0 bridgehead atoms. The Hall–Kier alpha value is -1.06. The summed E-state index contributed by atoms with van der Waals surface area (Å²) in [7, 11) is 0.